The second kappa shape index (κ2) is 8.44. The first-order chi connectivity index (χ1) is 9.24. The molecule has 0 saturated heterocycles. The molecule has 2 aromatic rings. The predicted molar refractivity (Wildman–Crippen MR) is 78.0 cm³/mol. The van der Waals surface area contributed by atoms with E-state index in [4.69, 9.17) is 17.5 Å². The zero-order chi connectivity index (χ0) is 15.2. The smallest absolute Gasteiger partial charge is 0.357 e. The Hall–Kier alpha value is -0.000000000000000153. The third-order valence-corrected chi connectivity index (χ3v) is 5.57. The van der Waals surface area contributed by atoms with Gasteiger partial charge in [0.2, 0.25) is 10.4 Å². The van der Waals surface area contributed by atoms with Crippen LogP contribution in [0.1, 0.15) is 0 Å². The van der Waals surface area contributed by atoms with Crippen molar-refractivity contribution < 1.29 is 38.7 Å². The van der Waals surface area contributed by atoms with E-state index in [9.17, 15) is 0 Å². The molecule has 0 saturated carbocycles. The van der Waals surface area contributed by atoms with Gasteiger partial charge in [-0.2, -0.15) is 0 Å². The summed E-state index contributed by atoms with van der Waals surface area (Å²) >= 11 is 6.85. The lowest BCUT2D eigenvalue weighted by Gasteiger charge is -1.89. The second-order valence-electron chi connectivity index (χ2n) is 3.40. The van der Waals surface area contributed by atoms with Crippen LogP contribution in [-0.2, 0) is 10.4 Å². The van der Waals surface area contributed by atoms with Gasteiger partial charge in [-0.25, -0.2) is 8.42 Å². The maximum atomic E-state index is 8.63. The van der Waals surface area contributed by atoms with Gasteiger partial charge < -0.3 is 4.55 Å². The minimum Gasteiger partial charge on any atom is -0.726 e. The molecule has 0 aliphatic heterocycles. The molecule has 0 aliphatic rings. The molecule has 0 bridgehead atoms. The van der Waals surface area contributed by atoms with E-state index in [1.54, 1.807) is 0 Å². The highest BCUT2D eigenvalue weighted by Gasteiger charge is 2.14. The maximum Gasteiger partial charge on any atom is 0.357 e. The van der Waals surface area contributed by atoms with Crippen molar-refractivity contribution in [3.05, 3.63) is 64.6 Å². The van der Waals surface area contributed by atoms with Crippen LogP contribution in [0, 0.1) is 7.14 Å². The molecule has 0 aliphatic carbocycles. The summed E-state index contributed by atoms with van der Waals surface area (Å²) in [6, 6.07) is 17.2. The summed E-state index contributed by atoms with van der Waals surface area (Å²) in [4.78, 5) is 0. The summed E-state index contributed by atoms with van der Waals surface area (Å²) in [6.07, 6.45) is 0. The van der Waals surface area contributed by atoms with E-state index in [2.05, 4.69) is 80.4 Å². The number of rotatable bonds is 2. The average molecular weight is 536 g/mol. The van der Waals surface area contributed by atoms with Gasteiger partial charge in [-0.3, -0.25) is 4.55 Å². The fraction of sp³-hybridized carbons (Fsp3) is 0. The molecule has 108 valence electrons. The molecule has 1 N–H and O–H groups in total. The summed E-state index contributed by atoms with van der Waals surface area (Å²) in [6.45, 7) is 0. The van der Waals surface area contributed by atoms with Gasteiger partial charge in [0, 0.05) is 8.95 Å². The molecule has 20 heavy (non-hydrogen) atoms. The van der Waals surface area contributed by atoms with Crippen LogP contribution in [0.5, 0.6) is 0 Å². The summed E-state index contributed by atoms with van der Waals surface area (Å²) in [7, 11) is -4.92. The minimum absolute atomic E-state index is 0.0385. The van der Waals surface area contributed by atoms with E-state index in [0.29, 0.717) is 0 Å². The van der Waals surface area contributed by atoms with Crippen molar-refractivity contribution in [2.24, 2.45) is 0 Å². The zero-order valence-corrected chi connectivity index (χ0v) is 16.0. The third kappa shape index (κ3) is 9.03. The Morgan fingerprint density at radius 3 is 1.35 bits per heavy atom. The zero-order valence-electron chi connectivity index (χ0n) is 9.83. The molecule has 0 fully saturated rings. The largest absolute Gasteiger partial charge is 0.726 e. The summed E-state index contributed by atoms with van der Waals surface area (Å²) in [5, 5.41) is 0. The van der Waals surface area contributed by atoms with Crippen molar-refractivity contribution in [1.82, 2.24) is 0 Å². The Labute approximate surface area is 144 Å². The summed E-state index contributed by atoms with van der Waals surface area (Å²) in [5.74, 6) is 0. The Kier molecular flexibility index (Phi) is 7.62. The second-order valence-corrected chi connectivity index (χ2v) is 9.11. The van der Waals surface area contributed by atoms with E-state index in [1.807, 2.05) is 0 Å². The van der Waals surface area contributed by atoms with Gasteiger partial charge in [0.05, 0.1) is 0 Å². The van der Waals surface area contributed by atoms with Crippen LogP contribution in [0.2, 0.25) is 0 Å². The number of hydrogen-bond donors (Lipinski definition) is 1. The predicted octanol–water partition coefficient (Wildman–Crippen LogP) is 0.345. The van der Waals surface area contributed by atoms with Crippen LogP contribution in [-0.4, -0.2) is 17.5 Å². The van der Waals surface area contributed by atoms with Gasteiger partial charge in [0.15, 0.2) is 7.14 Å². The van der Waals surface area contributed by atoms with Crippen molar-refractivity contribution in [2.75, 3.05) is 0 Å². The normalized spacial score (nSPS) is 10.6. The lowest BCUT2D eigenvalue weighted by molar-refractivity contribution is -0.597. The number of halogens is 3. The Morgan fingerprint density at radius 1 is 0.850 bits per heavy atom. The lowest BCUT2D eigenvalue weighted by atomic mass is 10.4. The van der Waals surface area contributed by atoms with E-state index >= 15 is 0 Å². The Balaban J connectivity index is 0.000000347. The van der Waals surface area contributed by atoms with Gasteiger partial charge in [-0.05, 0) is 48.5 Å². The number of hydrogen-bond acceptors (Lipinski definition) is 3. The quantitative estimate of drug-likeness (QED) is 0.342. The van der Waals surface area contributed by atoms with Crippen molar-refractivity contribution in [3.8, 4) is 0 Å². The van der Waals surface area contributed by atoms with Crippen LogP contribution in [0.25, 0.3) is 0 Å². The molecule has 8 heteroatoms. The van der Waals surface area contributed by atoms with Crippen LogP contribution < -0.4 is 21.2 Å². The van der Waals surface area contributed by atoms with Crippen molar-refractivity contribution in [2.45, 2.75) is 0 Å². The van der Waals surface area contributed by atoms with E-state index < -0.39 is 10.4 Å². The van der Waals surface area contributed by atoms with Gasteiger partial charge in [-0.1, -0.05) is 31.9 Å². The molecule has 0 atom stereocenters. The molecule has 4 nitrogen and oxygen atoms in total. The third-order valence-electron chi connectivity index (χ3n) is 1.83. The van der Waals surface area contributed by atoms with Gasteiger partial charge >= 0.3 is 21.2 Å². The fourth-order valence-corrected chi connectivity index (χ4v) is 3.80. The molecule has 0 aromatic heterocycles. The van der Waals surface area contributed by atoms with Crippen molar-refractivity contribution in [1.29, 1.82) is 0 Å². The molecule has 2 rings (SSSR count). The van der Waals surface area contributed by atoms with Crippen LogP contribution in [0.3, 0.4) is 0 Å². The highest BCUT2D eigenvalue weighted by atomic mass is 127. The van der Waals surface area contributed by atoms with Crippen LogP contribution >= 0.6 is 31.9 Å². The van der Waals surface area contributed by atoms with Crippen molar-refractivity contribution >= 4 is 42.3 Å². The highest BCUT2D eigenvalue weighted by molar-refractivity contribution is 9.10. The Morgan fingerprint density at radius 2 is 1.10 bits per heavy atom. The number of benzene rings is 2. The molecule has 0 spiro atoms. The first-order valence-electron chi connectivity index (χ1n) is 5.08. The molecule has 0 unspecified atom stereocenters. The molecule has 0 radical (unpaired) electrons. The fourth-order valence-electron chi connectivity index (χ4n) is 1.11. The first-order valence-corrected chi connectivity index (χ1v) is 10.2. The van der Waals surface area contributed by atoms with E-state index in [0.717, 1.165) is 8.95 Å². The van der Waals surface area contributed by atoms with Gasteiger partial charge in [0.1, 0.15) is 0 Å². The molecular weight excluding hydrogens is 527 g/mol. The monoisotopic (exact) mass is 534 g/mol. The molecule has 2 aromatic carbocycles. The first kappa shape index (κ1) is 18.1. The standard InChI is InChI=1S/C12H8Br2I.H2O4S/c13-9-1-5-11(6-2-9)15-12-7-3-10(14)4-8-12;1-5(2,3)4/h1-8H;(H2,1,2,3,4)/q+1;/p-1. The summed E-state index contributed by atoms with van der Waals surface area (Å²) in [5.41, 5.74) is 0. The SMILES string of the molecule is Brc1ccc([I+]c2ccc(Br)cc2)cc1.O=S(=O)([O-])O. The van der Waals surface area contributed by atoms with E-state index in [1.165, 1.54) is 7.14 Å². The molecule has 0 amide bonds. The molecular formula is C12H9Br2IO4S. The van der Waals surface area contributed by atoms with E-state index in [-0.39, 0.29) is 21.2 Å². The average Bonchev–Trinajstić information content (AvgIpc) is 2.33. The molecule has 0 heterocycles. The minimum atomic E-state index is -4.92. The van der Waals surface area contributed by atoms with Crippen LogP contribution in [0.15, 0.2) is 57.5 Å². The highest BCUT2D eigenvalue weighted by Crippen LogP contribution is 2.07. The van der Waals surface area contributed by atoms with Gasteiger partial charge in [0.25, 0.3) is 0 Å². The van der Waals surface area contributed by atoms with Crippen LogP contribution in [0.4, 0.5) is 0 Å². The summed E-state index contributed by atoms with van der Waals surface area (Å²) < 4.78 is 38.0. The maximum absolute atomic E-state index is 8.63. The Bertz CT molecular complexity index is 591. The van der Waals surface area contributed by atoms with Gasteiger partial charge in [-0.15, -0.1) is 0 Å². The topological polar surface area (TPSA) is 77.4 Å². The van der Waals surface area contributed by atoms with Crippen molar-refractivity contribution in [3.63, 3.8) is 0 Å². The lowest BCUT2D eigenvalue weighted by Crippen LogP contribution is -3.61.